The highest BCUT2D eigenvalue weighted by molar-refractivity contribution is 6.25. The minimum atomic E-state index is -2.70. The fourth-order valence-corrected chi connectivity index (χ4v) is 7.20. The first-order valence-electron chi connectivity index (χ1n) is 14.0. The number of likely N-dealkylation sites (N-methyl/N-ethyl adjacent to an activating group) is 1. The van der Waals surface area contributed by atoms with Gasteiger partial charge in [-0.3, -0.25) is 19.2 Å². The van der Waals surface area contributed by atoms with Gasteiger partial charge in [-0.05, 0) is 80.6 Å². The van der Waals surface area contributed by atoms with Crippen molar-refractivity contribution in [3.05, 3.63) is 53.1 Å². The summed E-state index contributed by atoms with van der Waals surface area (Å²) in [4.78, 5) is 53.3. The van der Waals surface area contributed by atoms with Gasteiger partial charge in [0.15, 0.2) is 11.4 Å². The number of primary amides is 1. The highest BCUT2D eigenvalue weighted by atomic mass is 16.3. The Balaban J connectivity index is 1.43. The highest BCUT2D eigenvalue weighted by Gasteiger charge is 2.67. The van der Waals surface area contributed by atoms with Gasteiger partial charge >= 0.3 is 0 Å². The van der Waals surface area contributed by atoms with E-state index in [1.54, 1.807) is 37.2 Å². The molecule has 6 atom stereocenters. The summed E-state index contributed by atoms with van der Waals surface area (Å²) in [5, 5.41) is 47.9. The van der Waals surface area contributed by atoms with Crippen molar-refractivity contribution in [1.82, 2.24) is 4.90 Å². The number of amides is 2. The van der Waals surface area contributed by atoms with E-state index in [1.807, 2.05) is 12.1 Å². The number of phenolic OH excluding ortho intramolecular Hbond substituents is 1. The summed E-state index contributed by atoms with van der Waals surface area (Å²) in [5.74, 6) is -7.72. The first-order valence-corrected chi connectivity index (χ1v) is 14.0. The number of aliphatic hydroxyl groups excluding tert-OH is 2. The number of nitrogens with zero attached hydrogens (tertiary/aromatic N) is 1. The second-order valence-corrected chi connectivity index (χ2v) is 12.1. The van der Waals surface area contributed by atoms with Crippen LogP contribution in [0.4, 0.5) is 5.69 Å². The van der Waals surface area contributed by atoms with Crippen LogP contribution in [0.1, 0.15) is 30.4 Å². The number of ketones is 2. The number of anilines is 1. The van der Waals surface area contributed by atoms with Gasteiger partial charge in [0.2, 0.25) is 17.6 Å². The van der Waals surface area contributed by atoms with E-state index < -0.39 is 58.7 Å². The zero-order valence-corrected chi connectivity index (χ0v) is 23.2. The Morgan fingerprint density at radius 2 is 1.71 bits per heavy atom. The van der Waals surface area contributed by atoms with Gasteiger partial charge in [0.25, 0.3) is 0 Å². The van der Waals surface area contributed by atoms with Crippen LogP contribution >= 0.6 is 0 Å². The second-order valence-electron chi connectivity index (χ2n) is 12.1. The number of benzene rings is 2. The topological polar surface area (TPSA) is 190 Å². The van der Waals surface area contributed by atoms with E-state index in [9.17, 15) is 39.6 Å². The van der Waals surface area contributed by atoms with Crippen molar-refractivity contribution in [3.8, 4) is 16.9 Å². The number of hydrogen-bond donors (Lipinski definition) is 6. The van der Waals surface area contributed by atoms with Gasteiger partial charge < -0.3 is 36.4 Å². The van der Waals surface area contributed by atoms with Gasteiger partial charge in [0.1, 0.15) is 17.4 Å². The lowest BCUT2D eigenvalue weighted by Gasteiger charge is -2.53. The van der Waals surface area contributed by atoms with E-state index in [1.165, 1.54) is 6.07 Å². The number of hydrogen-bond acceptors (Lipinski definition) is 9. The second kappa shape index (κ2) is 9.75. The molecule has 4 aliphatic carbocycles. The van der Waals surface area contributed by atoms with Gasteiger partial charge in [0, 0.05) is 29.1 Å². The predicted octanol–water partition coefficient (Wildman–Crippen LogP) is 1.14. The lowest BCUT2D eigenvalue weighted by molar-refractivity contribution is -0.184. The van der Waals surface area contributed by atoms with Crippen molar-refractivity contribution in [2.45, 2.75) is 43.4 Å². The molecule has 7 N–H and O–H groups in total. The molecule has 3 fully saturated rings. The first kappa shape index (κ1) is 28.1. The van der Waals surface area contributed by atoms with E-state index in [0.29, 0.717) is 16.8 Å². The Morgan fingerprint density at radius 1 is 1.05 bits per heavy atom. The maximum Gasteiger partial charge on any atom is 0.230 e. The van der Waals surface area contributed by atoms with E-state index >= 15 is 0 Å². The molecule has 11 heteroatoms. The third kappa shape index (κ3) is 4.06. The average molecular weight is 576 g/mol. The molecule has 0 spiro atoms. The molecule has 2 aromatic carbocycles. The minimum absolute atomic E-state index is 0.0150. The van der Waals surface area contributed by atoms with Gasteiger partial charge in [-0.2, -0.15) is 0 Å². The van der Waals surface area contributed by atoms with E-state index in [2.05, 4.69) is 5.32 Å². The van der Waals surface area contributed by atoms with E-state index in [-0.39, 0.29) is 41.6 Å². The summed E-state index contributed by atoms with van der Waals surface area (Å²) in [5.41, 5.74) is 5.23. The summed E-state index contributed by atoms with van der Waals surface area (Å²) < 4.78 is 0. The van der Waals surface area contributed by atoms with Crippen molar-refractivity contribution < 1.29 is 39.6 Å². The molecule has 220 valence electrons. The number of aliphatic hydroxyl groups is 3. The maximum absolute atomic E-state index is 14.0. The number of nitrogens with one attached hydrogen (secondary N) is 1. The maximum atomic E-state index is 14.0. The zero-order chi connectivity index (χ0) is 30.2. The number of phenols is 1. The summed E-state index contributed by atoms with van der Waals surface area (Å²) in [6.45, 7) is 0. The molecule has 3 saturated carbocycles. The smallest absolute Gasteiger partial charge is 0.230 e. The molecule has 0 heterocycles. The Hall–Kier alpha value is -4.06. The molecule has 6 rings (SSSR count). The molecular weight excluding hydrogens is 542 g/mol. The molecule has 2 aromatic rings. The van der Waals surface area contributed by atoms with Crippen LogP contribution in [-0.4, -0.2) is 80.5 Å². The van der Waals surface area contributed by atoms with Crippen molar-refractivity contribution in [3.63, 3.8) is 0 Å². The Morgan fingerprint density at radius 3 is 2.31 bits per heavy atom. The largest absolute Gasteiger partial charge is 0.507 e. The molecule has 0 radical (unpaired) electrons. The standard InChI is InChI=1S/C31H33N3O8/c1-34(2)24-19-12-15-11-18-17(13-5-7-16(8-6-13)33-30(41)14-3-4-14)9-10-20(35)22(18)25(36)21(15)27(38)31(19,42)28(39)23(26(24)37)29(32)40/h5-10,14-15,19,23-24,26,35-37,42H,3-4,11-12H2,1-2H3,(H2,32,40)(H,33,41)/t15-,19-,23?,24-,26?,31-/m1/s1. The fourth-order valence-electron chi connectivity index (χ4n) is 7.20. The molecule has 0 aromatic heterocycles. The SMILES string of the molecule is CN(C)[C@H]1C(O)C(C(N)=O)C(=O)[C@]2(O)C(=O)C3=C(O)c4c(O)ccc(-c5ccc(NC(=O)C6CC6)cc5)c4C[C@@H]3C[C@H]12. The van der Waals surface area contributed by atoms with Crippen LogP contribution in [0.25, 0.3) is 16.9 Å². The minimum Gasteiger partial charge on any atom is -0.507 e. The van der Waals surface area contributed by atoms with Crippen molar-refractivity contribution in [2.24, 2.45) is 29.4 Å². The van der Waals surface area contributed by atoms with E-state index in [0.717, 1.165) is 18.4 Å². The van der Waals surface area contributed by atoms with Crippen molar-refractivity contribution in [2.75, 3.05) is 19.4 Å². The molecule has 2 unspecified atom stereocenters. The lowest BCUT2D eigenvalue weighted by atomic mass is 9.54. The molecule has 2 amide bonds. The van der Waals surface area contributed by atoms with Gasteiger partial charge in [0.05, 0.1) is 11.7 Å². The summed E-state index contributed by atoms with van der Waals surface area (Å²) in [7, 11) is 3.22. The molecule has 0 aliphatic heterocycles. The van der Waals surface area contributed by atoms with Crippen LogP contribution in [-0.2, 0) is 25.6 Å². The van der Waals surface area contributed by atoms with Crippen LogP contribution in [0.2, 0.25) is 0 Å². The third-order valence-electron chi connectivity index (χ3n) is 9.38. The van der Waals surface area contributed by atoms with Crippen LogP contribution < -0.4 is 11.1 Å². The average Bonchev–Trinajstić information content (AvgIpc) is 3.77. The molecule has 42 heavy (non-hydrogen) atoms. The van der Waals surface area contributed by atoms with Gasteiger partial charge in [-0.1, -0.05) is 18.2 Å². The molecule has 0 bridgehead atoms. The number of aromatic hydroxyl groups is 1. The Labute approximate surface area is 241 Å². The van der Waals surface area contributed by atoms with Crippen LogP contribution in [0.5, 0.6) is 5.75 Å². The van der Waals surface area contributed by atoms with Crippen molar-refractivity contribution >= 4 is 34.8 Å². The molecule has 11 nitrogen and oxygen atoms in total. The van der Waals surface area contributed by atoms with Gasteiger partial charge in [-0.25, -0.2) is 0 Å². The predicted molar refractivity (Wildman–Crippen MR) is 151 cm³/mol. The lowest BCUT2D eigenvalue weighted by Crippen LogP contribution is -2.73. The molecule has 0 saturated heterocycles. The molecular formula is C31H33N3O8. The van der Waals surface area contributed by atoms with Crippen LogP contribution in [0, 0.1) is 23.7 Å². The van der Waals surface area contributed by atoms with Crippen LogP contribution in [0.3, 0.4) is 0 Å². The molecule has 4 aliphatic rings. The highest BCUT2D eigenvalue weighted by Crippen LogP contribution is 2.53. The van der Waals surface area contributed by atoms with Crippen LogP contribution in [0.15, 0.2) is 42.0 Å². The van der Waals surface area contributed by atoms with Gasteiger partial charge in [-0.15, -0.1) is 0 Å². The fraction of sp³-hybridized carbons (Fsp3) is 0.419. The first-order chi connectivity index (χ1) is 19.9. The zero-order valence-electron chi connectivity index (χ0n) is 23.2. The summed E-state index contributed by atoms with van der Waals surface area (Å²) in [6.07, 6.45) is 0.466. The normalized spacial score (nSPS) is 30.5. The van der Waals surface area contributed by atoms with Crippen molar-refractivity contribution in [1.29, 1.82) is 0 Å². The number of carbonyl (C=O) groups is 4. The van der Waals surface area contributed by atoms with E-state index in [4.69, 9.17) is 5.73 Å². The summed E-state index contributed by atoms with van der Waals surface area (Å²) in [6, 6.07) is 9.33. The number of carbonyl (C=O) groups excluding carboxylic acids is 4. The third-order valence-corrected chi connectivity index (χ3v) is 9.38. The number of nitrogens with two attached hydrogens (primary N) is 1. The number of fused-ring (bicyclic) bond motifs is 3. The summed E-state index contributed by atoms with van der Waals surface area (Å²) >= 11 is 0. The number of Topliss-reactive ketones (excluding diaryl/α,β-unsaturated/α-hetero) is 2. The number of rotatable bonds is 5. The quantitative estimate of drug-likeness (QED) is 0.284. The Bertz CT molecular complexity index is 1560. The monoisotopic (exact) mass is 575 g/mol. The Kier molecular flexibility index (Phi) is 6.52.